The number of nitrogens with two attached hydrogens (primary N) is 1. The van der Waals surface area contributed by atoms with E-state index in [0.29, 0.717) is 5.92 Å². The summed E-state index contributed by atoms with van der Waals surface area (Å²) in [6, 6.07) is 19.3. The third-order valence-corrected chi connectivity index (χ3v) is 4.02. The Morgan fingerprint density at radius 1 is 0.952 bits per heavy atom. The number of benzene rings is 2. The van der Waals surface area contributed by atoms with E-state index in [-0.39, 0.29) is 5.54 Å². The van der Waals surface area contributed by atoms with E-state index >= 15 is 0 Å². The molecule has 21 heavy (non-hydrogen) atoms. The Kier molecular flexibility index (Phi) is 5.19. The lowest BCUT2D eigenvalue weighted by molar-refractivity contribution is 0.484. The molecule has 112 valence electrons. The molecule has 0 fully saturated rings. The van der Waals surface area contributed by atoms with Gasteiger partial charge in [0, 0.05) is 0 Å². The largest absolute Gasteiger partial charge is 0.318 e. The highest BCUT2D eigenvalue weighted by Crippen LogP contribution is 2.32. The minimum atomic E-state index is -0.386. The molecule has 0 aliphatic carbocycles. The van der Waals surface area contributed by atoms with Crippen LogP contribution in [0, 0.1) is 5.92 Å². The van der Waals surface area contributed by atoms with Gasteiger partial charge >= 0.3 is 0 Å². The van der Waals surface area contributed by atoms with Crippen LogP contribution >= 0.6 is 0 Å². The second-order valence-electron chi connectivity index (χ2n) is 6.39. The number of rotatable bonds is 6. The van der Waals surface area contributed by atoms with Crippen LogP contribution < -0.4 is 5.73 Å². The van der Waals surface area contributed by atoms with Gasteiger partial charge < -0.3 is 5.73 Å². The van der Waals surface area contributed by atoms with Crippen molar-refractivity contribution in [1.82, 2.24) is 0 Å². The maximum atomic E-state index is 6.85. The second-order valence-corrected chi connectivity index (χ2v) is 6.39. The van der Waals surface area contributed by atoms with Crippen molar-refractivity contribution < 1.29 is 0 Å². The molecular formula is C20H27N. The van der Waals surface area contributed by atoms with Crippen LogP contribution in [0.3, 0.4) is 0 Å². The summed E-state index contributed by atoms with van der Waals surface area (Å²) in [7, 11) is 0. The summed E-state index contributed by atoms with van der Waals surface area (Å²) >= 11 is 0. The predicted octanol–water partition coefficient (Wildman–Crippen LogP) is 4.89. The molecule has 0 saturated heterocycles. The van der Waals surface area contributed by atoms with Crippen molar-refractivity contribution in [2.75, 3.05) is 0 Å². The molecule has 2 aromatic rings. The first-order valence-corrected chi connectivity index (χ1v) is 8.00. The SMILES string of the molecule is CCCC(N)(c1ccccc1)c1cccc(CC(C)C)c1. The Hall–Kier alpha value is -1.60. The summed E-state index contributed by atoms with van der Waals surface area (Å²) in [6.45, 7) is 6.71. The highest BCUT2D eigenvalue weighted by atomic mass is 14.7. The Bertz CT molecular complexity index is 559. The van der Waals surface area contributed by atoms with Gasteiger partial charge in [-0.05, 0) is 35.4 Å². The fraction of sp³-hybridized carbons (Fsp3) is 0.400. The van der Waals surface area contributed by atoms with E-state index in [1.165, 1.54) is 16.7 Å². The Balaban J connectivity index is 2.43. The Labute approximate surface area is 129 Å². The summed E-state index contributed by atoms with van der Waals surface area (Å²) < 4.78 is 0. The van der Waals surface area contributed by atoms with Gasteiger partial charge in [0.2, 0.25) is 0 Å². The van der Waals surface area contributed by atoms with E-state index in [9.17, 15) is 0 Å². The first kappa shape index (κ1) is 15.8. The molecule has 0 aliphatic heterocycles. The molecule has 0 bridgehead atoms. The van der Waals surface area contributed by atoms with Crippen molar-refractivity contribution >= 4 is 0 Å². The predicted molar refractivity (Wildman–Crippen MR) is 91.3 cm³/mol. The first-order chi connectivity index (χ1) is 10.1. The van der Waals surface area contributed by atoms with Crippen molar-refractivity contribution in [2.45, 2.75) is 45.6 Å². The van der Waals surface area contributed by atoms with Crippen LogP contribution in [0.25, 0.3) is 0 Å². The molecule has 2 aromatic carbocycles. The van der Waals surface area contributed by atoms with Crippen LogP contribution in [0.2, 0.25) is 0 Å². The lowest BCUT2D eigenvalue weighted by Gasteiger charge is -2.31. The molecule has 0 amide bonds. The van der Waals surface area contributed by atoms with Crippen LogP contribution in [0.15, 0.2) is 54.6 Å². The maximum absolute atomic E-state index is 6.85. The Morgan fingerprint density at radius 2 is 1.62 bits per heavy atom. The van der Waals surface area contributed by atoms with Crippen molar-refractivity contribution in [3.8, 4) is 0 Å². The Morgan fingerprint density at radius 3 is 2.24 bits per heavy atom. The molecule has 0 radical (unpaired) electrons. The molecule has 0 aromatic heterocycles. The van der Waals surface area contributed by atoms with Crippen molar-refractivity contribution in [3.63, 3.8) is 0 Å². The third-order valence-electron chi connectivity index (χ3n) is 4.02. The summed E-state index contributed by atoms with van der Waals surface area (Å²) in [6.07, 6.45) is 3.13. The topological polar surface area (TPSA) is 26.0 Å². The zero-order valence-corrected chi connectivity index (χ0v) is 13.5. The minimum absolute atomic E-state index is 0.386. The van der Waals surface area contributed by atoms with Gasteiger partial charge in [0.25, 0.3) is 0 Å². The van der Waals surface area contributed by atoms with Gasteiger partial charge in [0.1, 0.15) is 0 Å². The lowest BCUT2D eigenvalue weighted by atomic mass is 9.79. The molecule has 1 atom stereocenters. The molecule has 2 rings (SSSR count). The normalized spacial score (nSPS) is 14.1. The summed E-state index contributed by atoms with van der Waals surface area (Å²) in [5.41, 5.74) is 10.3. The highest BCUT2D eigenvalue weighted by molar-refractivity contribution is 5.39. The van der Waals surface area contributed by atoms with Crippen LogP contribution in [0.5, 0.6) is 0 Å². The monoisotopic (exact) mass is 281 g/mol. The van der Waals surface area contributed by atoms with Gasteiger partial charge in [-0.25, -0.2) is 0 Å². The van der Waals surface area contributed by atoms with E-state index in [1.54, 1.807) is 0 Å². The fourth-order valence-corrected chi connectivity index (χ4v) is 3.03. The smallest absolute Gasteiger partial charge is 0.0665 e. The molecular weight excluding hydrogens is 254 g/mol. The highest BCUT2D eigenvalue weighted by Gasteiger charge is 2.28. The van der Waals surface area contributed by atoms with Gasteiger partial charge in [0.05, 0.1) is 5.54 Å². The van der Waals surface area contributed by atoms with Gasteiger partial charge in [-0.2, -0.15) is 0 Å². The molecule has 1 unspecified atom stereocenters. The molecule has 0 spiro atoms. The van der Waals surface area contributed by atoms with Crippen LogP contribution in [0.1, 0.15) is 50.3 Å². The third kappa shape index (κ3) is 3.74. The van der Waals surface area contributed by atoms with Crippen molar-refractivity contribution in [1.29, 1.82) is 0 Å². The summed E-state index contributed by atoms with van der Waals surface area (Å²) in [4.78, 5) is 0. The zero-order chi connectivity index (χ0) is 15.3. The van der Waals surface area contributed by atoms with Gasteiger partial charge in [-0.3, -0.25) is 0 Å². The number of hydrogen-bond acceptors (Lipinski definition) is 1. The molecule has 2 N–H and O–H groups in total. The average Bonchev–Trinajstić information content (AvgIpc) is 2.48. The second kappa shape index (κ2) is 6.91. The van der Waals surface area contributed by atoms with E-state index in [4.69, 9.17) is 5.73 Å². The van der Waals surface area contributed by atoms with E-state index in [1.807, 2.05) is 6.07 Å². The van der Waals surface area contributed by atoms with Crippen molar-refractivity contribution in [2.24, 2.45) is 11.7 Å². The average molecular weight is 281 g/mol. The van der Waals surface area contributed by atoms with Crippen LogP contribution in [-0.2, 0) is 12.0 Å². The maximum Gasteiger partial charge on any atom is 0.0665 e. The molecule has 0 aliphatic rings. The van der Waals surface area contributed by atoms with Crippen LogP contribution in [-0.4, -0.2) is 0 Å². The van der Waals surface area contributed by atoms with Crippen LogP contribution in [0.4, 0.5) is 0 Å². The van der Waals surface area contributed by atoms with E-state index in [0.717, 1.165) is 19.3 Å². The quantitative estimate of drug-likeness (QED) is 0.801. The first-order valence-electron chi connectivity index (χ1n) is 8.00. The van der Waals surface area contributed by atoms with E-state index in [2.05, 4.69) is 69.3 Å². The fourth-order valence-electron chi connectivity index (χ4n) is 3.03. The summed E-state index contributed by atoms with van der Waals surface area (Å²) in [5, 5.41) is 0. The summed E-state index contributed by atoms with van der Waals surface area (Å²) in [5.74, 6) is 0.662. The molecule has 0 heterocycles. The van der Waals surface area contributed by atoms with E-state index < -0.39 is 0 Å². The lowest BCUT2D eigenvalue weighted by Crippen LogP contribution is -2.37. The van der Waals surface area contributed by atoms with Gasteiger partial charge in [-0.1, -0.05) is 81.8 Å². The standard InChI is InChI=1S/C20H27N/c1-4-13-20(21,18-10-6-5-7-11-18)19-12-8-9-17(15-19)14-16(2)3/h5-12,15-16H,4,13-14,21H2,1-3H3. The van der Waals surface area contributed by atoms with Gasteiger partial charge in [0.15, 0.2) is 0 Å². The molecule has 0 saturated carbocycles. The van der Waals surface area contributed by atoms with Crippen molar-refractivity contribution in [3.05, 3.63) is 71.3 Å². The zero-order valence-electron chi connectivity index (χ0n) is 13.5. The minimum Gasteiger partial charge on any atom is -0.318 e. The van der Waals surface area contributed by atoms with Gasteiger partial charge in [-0.15, -0.1) is 0 Å². The number of hydrogen-bond donors (Lipinski definition) is 1. The molecule has 1 nitrogen and oxygen atoms in total. The molecule has 1 heteroatoms.